The molecule has 1 saturated heterocycles. The van der Waals surface area contributed by atoms with E-state index in [-0.39, 0.29) is 5.69 Å². The fourth-order valence-electron chi connectivity index (χ4n) is 3.04. The zero-order valence-electron chi connectivity index (χ0n) is 11.5. The van der Waals surface area contributed by atoms with E-state index >= 15 is 0 Å². The van der Waals surface area contributed by atoms with E-state index in [9.17, 15) is 4.79 Å². The van der Waals surface area contributed by atoms with Gasteiger partial charge in [-0.15, -0.1) is 0 Å². The molecular formula is C15H21N3O. The molecule has 0 unspecified atom stereocenters. The smallest absolute Gasteiger partial charge is 0.303 e. The molecule has 0 amide bonds. The molecule has 2 heterocycles. The van der Waals surface area contributed by atoms with Crippen LogP contribution in [-0.2, 0) is 13.6 Å². The van der Waals surface area contributed by atoms with E-state index < -0.39 is 0 Å². The van der Waals surface area contributed by atoms with E-state index in [1.54, 1.807) is 4.57 Å². The number of imidazole rings is 1. The largest absolute Gasteiger partial charge is 0.328 e. The summed E-state index contributed by atoms with van der Waals surface area (Å²) in [5.41, 5.74) is 2.17. The van der Waals surface area contributed by atoms with Crippen molar-refractivity contribution in [3.63, 3.8) is 0 Å². The quantitative estimate of drug-likeness (QED) is 0.838. The Balaban J connectivity index is 1.77. The predicted molar refractivity (Wildman–Crippen MR) is 77.5 cm³/mol. The first-order chi connectivity index (χ1) is 9.27. The van der Waals surface area contributed by atoms with Gasteiger partial charge in [0.25, 0.3) is 0 Å². The van der Waals surface area contributed by atoms with Gasteiger partial charge < -0.3 is 4.90 Å². The molecule has 4 nitrogen and oxygen atoms in total. The third kappa shape index (κ3) is 2.32. The van der Waals surface area contributed by atoms with Gasteiger partial charge in [-0.05, 0) is 51.0 Å². The second kappa shape index (κ2) is 5.21. The number of aryl methyl sites for hydroxylation is 2. The molecule has 0 bridgehead atoms. The van der Waals surface area contributed by atoms with Gasteiger partial charge in [-0.3, -0.25) is 9.13 Å². The number of benzene rings is 1. The summed E-state index contributed by atoms with van der Waals surface area (Å²) in [4.78, 5) is 14.7. The molecule has 102 valence electrons. The van der Waals surface area contributed by atoms with E-state index in [0.717, 1.165) is 30.5 Å². The number of nitrogens with zero attached hydrogens (tertiary/aromatic N) is 3. The average Bonchev–Trinajstić information content (AvgIpc) is 3.02. The molecule has 4 heteroatoms. The summed E-state index contributed by atoms with van der Waals surface area (Å²) in [6.07, 6.45) is 3.70. The SMILES string of the molecule is Cn1c(=O)n(CCCN2CCCC2)c2ccccc21. The number of hydrogen-bond donors (Lipinski definition) is 0. The van der Waals surface area contributed by atoms with Crippen LogP contribution in [0.3, 0.4) is 0 Å². The molecule has 2 aromatic rings. The van der Waals surface area contributed by atoms with E-state index in [4.69, 9.17) is 0 Å². The molecule has 3 rings (SSSR count). The molecule has 1 aliphatic rings. The summed E-state index contributed by atoms with van der Waals surface area (Å²) in [6.45, 7) is 4.38. The van der Waals surface area contributed by atoms with Gasteiger partial charge in [0.2, 0.25) is 0 Å². The maximum Gasteiger partial charge on any atom is 0.328 e. The van der Waals surface area contributed by atoms with Crippen LogP contribution in [0, 0.1) is 0 Å². The van der Waals surface area contributed by atoms with Gasteiger partial charge in [-0.25, -0.2) is 4.79 Å². The van der Waals surface area contributed by atoms with Crippen LogP contribution in [-0.4, -0.2) is 33.7 Å². The van der Waals surface area contributed by atoms with Crippen LogP contribution in [0.5, 0.6) is 0 Å². The Morgan fingerprint density at radius 3 is 2.47 bits per heavy atom. The summed E-state index contributed by atoms with van der Waals surface area (Å²) in [5.74, 6) is 0. The van der Waals surface area contributed by atoms with Crippen molar-refractivity contribution >= 4 is 11.0 Å². The van der Waals surface area contributed by atoms with Crippen LogP contribution in [0.2, 0.25) is 0 Å². The van der Waals surface area contributed by atoms with E-state index in [2.05, 4.69) is 4.90 Å². The minimum absolute atomic E-state index is 0.0996. The average molecular weight is 259 g/mol. The number of fused-ring (bicyclic) bond motifs is 1. The molecule has 0 aliphatic carbocycles. The summed E-state index contributed by atoms with van der Waals surface area (Å²) >= 11 is 0. The van der Waals surface area contributed by atoms with Crippen LogP contribution >= 0.6 is 0 Å². The number of hydrogen-bond acceptors (Lipinski definition) is 2. The van der Waals surface area contributed by atoms with Crippen molar-refractivity contribution in [3.8, 4) is 0 Å². The van der Waals surface area contributed by atoms with Crippen LogP contribution in [0.4, 0.5) is 0 Å². The first-order valence-electron chi connectivity index (χ1n) is 7.14. The second-order valence-electron chi connectivity index (χ2n) is 5.38. The van der Waals surface area contributed by atoms with Crippen molar-refractivity contribution in [2.24, 2.45) is 7.05 Å². The molecule has 1 fully saturated rings. The van der Waals surface area contributed by atoms with Gasteiger partial charge in [0.15, 0.2) is 0 Å². The van der Waals surface area contributed by atoms with Crippen LogP contribution in [0.15, 0.2) is 29.1 Å². The highest BCUT2D eigenvalue weighted by Gasteiger charge is 2.12. The Morgan fingerprint density at radius 2 is 1.74 bits per heavy atom. The number of likely N-dealkylation sites (tertiary alicyclic amines) is 1. The summed E-state index contributed by atoms with van der Waals surface area (Å²) < 4.78 is 3.65. The standard InChI is InChI=1S/C15H21N3O/c1-16-13-7-2-3-8-14(13)18(15(16)19)12-6-11-17-9-4-5-10-17/h2-3,7-8H,4-6,9-12H2,1H3. The van der Waals surface area contributed by atoms with Crippen molar-refractivity contribution < 1.29 is 0 Å². The van der Waals surface area contributed by atoms with Gasteiger partial charge in [-0.1, -0.05) is 12.1 Å². The number of rotatable bonds is 4. The predicted octanol–water partition coefficient (Wildman–Crippen LogP) is 1.83. The summed E-state index contributed by atoms with van der Waals surface area (Å²) in [5, 5.41) is 0. The maximum absolute atomic E-state index is 12.2. The zero-order valence-corrected chi connectivity index (χ0v) is 11.5. The van der Waals surface area contributed by atoms with Crippen molar-refractivity contribution in [2.75, 3.05) is 19.6 Å². The van der Waals surface area contributed by atoms with Gasteiger partial charge in [-0.2, -0.15) is 0 Å². The topological polar surface area (TPSA) is 30.2 Å². The molecule has 1 aromatic carbocycles. The maximum atomic E-state index is 12.2. The van der Waals surface area contributed by atoms with E-state index in [1.807, 2.05) is 35.9 Å². The molecule has 0 atom stereocenters. The Labute approximate surface area is 113 Å². The van der Waals surface area contributed by atoms with Crippen LogP contribution in [0.1, 0.15) is 19.3 Å². The third-order valence-electron chi connectivity index (χ3n) is 4.11. The van der Waals surface area contributed by atoms with Gasteiger partial charge in [0, 0.05) is 13.6 Å². The highest BCUT2D eigenvalue weighted by Crippen LogP contribution is 2.13. The molecular weight excluding hydrogens is 238 g/mol. The van der Waals surface area contributed by atoms with Gasteiger partial charge >= 0.3 is 5.69 Å². The second-order valence-corrected chi connectivity index (χ2v) is 5.38. The first-order valence-corrected chi connectivity index (χ1v) is 7.14. The van der Waals surface area contributed by atoms with Crippen molar-refractivity contribution in [1.82, 2.24) is 14.0 Å². The third-order valence-corrected chi connectivity index (χ3v) is 4.11. The molecule has 1 aliphatic heterocycles. The molecule has 0 saturated carbocycles. The Kier molecular flexibility index (Phi) is 3.42. The lowest BCUT2D eigenvalue weighted by Gasteiger charge is -2.14. The van der Waals surface area contributed by atoms with Crippen molar-refractivity contribution in [3.05, 3.63) is 34.7 Å². The molecule has 19 heavy (non-hydrogen) atoms. The highest BCUT2D eigenvalue weighted by atomic mass is 16.1. The highest BCUT2D eigenvalue weighted by molar-refractivity contribution is 5.75. The van der Waals surface area contributed by atoms with Gasteiger partial charge in [0.1, 0.15) is 0 Å². The summed E-state index contributed by atoms with van der Waals surface area (Å²) in [6, 6.07) is 8.02. The normalized spacial score (nSPS) is 16.5. The summed E-state index contributed by atoms with van der Waals surface area (Å²) in [7, 11) is 1.85. The molecule has 0 radical (unpaired) electrons. The molecule has 0 spiro atoms. The Bertz CT molecular complexity index is 620. The Hall–Kier alpha value is -1.55. The van der Waals surface area contributed by atoms with Crippen LogP contribution < -0.4 is 5.69 Å². The minimum Gasteiger partial charge on any atom is -0.303 e. The lowest BCUT2D eigenvalue weighted by Crippen LogP contribution is -2.25. The zero-order chi connectivity index (χ0) is 13.2. The Morgan fingerprint density at radius 1 is 1.05 bits per heavy atom. The number of para-hydroxylation sites is 2. The number of aromatic nitrogens is 2. The lowest BCUT2D eigenvalue weighted by atomic mass is 10.3. The van der Waals surface area contributed by atoms with Crippen molar-refractivity contribution in [2.45, 2.75) is 25.8 Å². The molecule has 0 N–H and O–H groups in total. The van der Waals surface area contributed by atoms with E-state index in [0.29, 0.717) is 0 Å². The van der Waals surface area contributed by atoms with Gasteiger partial charge in [0.05, 0.1) is 11.0 Å². The monoisotopic (exact) mass is 259 g/mol. The van der Waals surface area contributed by atoms with Crippen LogP contribution in [0.25, 0.3) is 11.0 Å². The first kappa shape index (κ1) is 12.5. The van der Waals surface area contributed by atoms with Crippen molar-refractivity contribution in [1.29, 1.82) is 0 Å². The molecule has 1 aromatic heterocycles. The minimum atomic E-state index is 0.0996. The van der Waals surface area contributed by atoms with E-state index in [1.165, 1.54) is 25.9 Å². The fourth-order valence-corrected chi connectivity index (χ4v) is 3.04. The lowest BCUT2D eigenvalue weighted by molar-refractivity contribution is 0.325. The fraction of sp³-hybridized carbons (Fsp3) is 0.533.